The van der Waals surface area contributed by atoms with E-state index in [1.54, 1.807) is 0 Å². The van der Waals surface area contributed by atoms with Crippen LogP contribution in [0.25, 0.3) is 54.9 Å². The van der Waals surface area contributed by atoms with Crippen molar-refractivity contribution in [3.05, 3.63) is 257 Å². The Balaban J connectivity index is 1.13. The lowest BCUT2D eigenvalue weighted by molar-refractivity contribution is 0.568. The number of benzene rings is 11. The van der Waals surface area contributed by atoms with Gasteiger partial charge in [0.15, 0.2) is 0 Å². The van der Waals surface area contributed by atoms with E-state index in [0.29, 0.717) is 0 Å². The molecule has 1 spiro atoms. The Morgan fingerprint density at radius 3 is 1.11 bits per heavy atom. The molecular weight excluding hydrogens is 988 g/mol. The highest BCUT2D eigenvalue weighted by atomic mass is 15.2. The Morgan fingerprint density at radius 2 is 0.671 bits per heavy atom. The van der Waals surface area contributed by atoms with E-state index in [1.807, 2.05) is 0 Å². The van der Waals surface area contributed by atoms with Crippen LogP contribution < -0.4 is 26.2 Å². The molecule has 2 heterocycles. The molecule has 400 valence electrons. The largest absolute Gasteiger partial charge is 0.311 e. The summed E-state index contributed by atoms with van der Waals surface area (Å²) in [7, 11) is 0. The monoisotopic (exact) mass is 1060 g/mol. The second-order valence-corrected chi connectivity index (χ2v) is 28.1. The fourth-order valence-electron chi connectivity index (χ4n) is 14.9. The van der Waals surface area contributed by atoms with Gasteiger partial charge in [-0.15, -0.1) is 0 Å². The Hall–Kier alpha value is -8.40. The first-order valence-corrected chi connectivity index (χ1v) is 29.8. The van der Waals surface area contributed by atoms with Crippen molar-refractivity contribution in [1.29, 1.82) is 0 Å². The van der Waals surface area contributed by atoms with Gasteiger partial charge < -0.3 is 9.80 Å². The number of hydrogen-bond acceptors (Lipinski definition) is 2. The van der Waals surface area contributed by atoms with Crippen molar-refractivity contribution in [1.82, 2.24) is 0 Å². The van der Waals surface area contributed by atoms with Gasteiger partial charge in [0.2, 0.25) is 0 Å². The summed E-state index contributed by atoms with van der Waals surface area (Å²) < 4.78 is 0. The molecule has 2 aliphatic carbocycles. The first kappa shape index (κ1) is 50.6. The van der Waals surface area contributed by atoms with Gasteiger partial charge >= 0.3 is 0 Å². The predicted molar refractivity (Wildman–Crippen MR) is 352 cm³/mol. The number of anilines is 6. The standard InChI is InChI=1S/C79H71BN2/c1-75(2,3)51-42-52(76(4,5)6)45-55(44-51)81-67-38-36-48-24-13-15-26-58(48)72(67)80-73-59-27-16-14-25-49(59)37-39-68(73)82(56-46-53(77(7,8)9)43-54(47-56)78(10,11)12)70-41-50(40-69(81)74(70)80)57-31-23-35-66-71(57)62-30-19-22-34-65(62)79(66)63-32-20-17-28-60(63)61-29-18-21-33-64(61)79/h13-47H,1-12H3. The van der Waals surface area contributed by atoms with Crippen LogP contribution in [0.2, 0.25) is 0 Å². The van der Waals surface area contributed by atoms with Crippen LogP contribution in [0.3, 0.4) is 0 Å². The average molecular weight is 1060 g/mol. The predicted octanol–water partition coefficient (Wildman–Crippen LogP) is 19.3. The Bertz CT molecular complexity index is 4230. The fraction of sp³-hybridized carbons (Fsp3) is 0.215. The van der Waals surface area contributed by atoms with Gasteiger partial charge in [0, 0.05) is 34.1 Å². The Morgan fingerprint density at radius 1 is 0.305 bits per heavy atom. The van der Waals surface area contributed by atoms with E-state index in [2.05, 4.69) is 305 Å². The number of nitrogens with zero attached hydrogens (tertiary/aromatic N) is 2. The van der Waals surface area contributed by atoms with E-state index in [0.717, 1.165) is 0 Å². The summed E-state index contributed by atoms with van der Waals surface area (Å²) in [5.74, 6) is 0. The Labute approximate surface area is 486 Å². The molecule has 15 rings (SSSR count). The molecule has 0 unspecified atom stereocenters. The van der Waals surface area contributed by atoms with Crippen LogP contribution in [-0.2, 0) is 27.1 Å². The first-order chi connectivity index (χ1) is 39.2. The van der Waals surface area contributed by atoms with Crippen LogP contribution >= 0.6 is 0 Å². The molecule has 0 saturated carbocycles. The van der Waals surface area contributed by atoms with E-state index < -0.39 is 5.41 Å². The summed E-state index contributed by atoms with van der Waals surface area (Å²) in [5, 5.41) is 5.08. The molecule has 0 N–H and O–H groups in total. The van der Waals surface area contributed by atoms with E-state index in [9.17, 15) is 0 Å². The topological polar surface area (TPSA) is 6.48 Å². The van der Waals surface area contributed by atoms with Gasteiger partial charge in [0.05, 0.1) is 5.41 Å². The van der Waals surface area contributed by atoms with Crippen molar-refractivity contribution < 1.29 is 0 Å². The molecular formula is C79H71BN2. The lowest BCUT2D eigenvalue weighted by Gasteiger charge is -2.46. The zero-order valence-electron chi connectivity index (χ0n) is 49.7. The molecule has 0 radical (unpaired) electrons. The molecule has 0 amide bonds. The highest BCUT2D eigenvalue weighted by Gasteiger charge is 2.53. The van der Waals surface area contributed by atoms with Crippen molar-refractivity contribution >= 4 is 78.8 Å². The van der Waals surface area contributed by atoms with Crippen molar-refractivity contribution in [3.8, 4) is 33.4 Å². The summed E-state index contributed by atoms with van der Waals surface area (Å²) in [6, 6.07) is 83.0. The zero-order chi connectivity index (χ0) is 56.6. The quantitative estimate of drug-likeness (QED) is 0.163. The molecule has 2 aliphatic heterocycles. The smallest absolute Gasteiger partial charge is 0.253 e. The second kappa shape index (κ2) is 17.3. The van der Waals surface area contributed by atoms with Crippen LogP contribution in [0.15, 0.2) is 212 Å². The van der Waals surface area contributed by atoms with Gasteiger partial charge in [-0.05, 0) is 186 Å². The van der Waals surface area contributed by atoms with Gasteiger partial charge in [-0.3, -0.25) is 0 Å². The summed E-state index contributed by atoms with van der Waals surface area (Å²) >= 11 is 0. The molecule has 11 aromatic rings. The number of rotatable bonds is 3. The van der Waals surface area contributed by atoms with Crippen molar-refractivity contribution in [2.75, 3.05) is 9.80 Å². The number of fused-ring (bicyclic) bond motifs is 18. The SMILES string of the molecule is CC(C)(C)c1cc(N2c3cc(-c4cccc5c4-c4ccccc4C54c5ccccc5-c5ccccc54)cc4c3B(c3c2ccc2ccccc32)c2c(ccc3ccccc23)N4c2cc(C(C)(C)C)cc(C(C)(C)C)c2)cc(C(C)(C)C)c1. The van der Waals surface area contributed by atoms with Crippen LogP contribution in [0, 0.1) is 0 Å². The maximum absolute atomic E-state index is 2.69. The highest BCUT2D eigenvalue weighted by Crippen LogP contribution is 2.64. The molecule has 11 aromatic carbocycles. The van der Waals surface area contributed by atoms with Crippen molar-refractivity contribution in [2.24, 2.45) is 0 Å². The molecule has 82 heavy (non-hydrogen) atoms. The fourth-order valence-corrected chi connectivity index (χ4v) is 14.9. The molecule has 0 fully saturated rings. The maximum atomic E-state index is 2.69. The molecule has 0 aromatic heterocycles. The molecule has 0 saturated heterocycles. The van der Waals surface area contributed by atoms with Crippen LogP contribution in [0.4, 0.5) is 34.1 Å². The van der Waals surface area contributed by atoms with E-state index in [1.165, 1.54) is 150 Å². The molecule has 0 bridgehead atoms. The van der Waals surface area contributed by atoms with E-state index >= 15 is 0 Å². The third-order valence-corrected chi connectivity index (χ3v) is 19.0. The third kappa shape index (κ3) is 7.20. The first-order valence-electron chi connectivity index (χ1n) is 29.8. The third-order valence-electron chi connectivity index (χ3n) is 19.0. The molecule has 3 heteroatoms. The molecule has 0 atom stereocenters. The minimum Gasteiger partial charge on any atom is -0.311 e. The van der Waals surface area contributed by atoms with Gasteiger partial charge in [-0.1, -0.05) is 247 Å². The lowest BCUT2D eigenvalue weighted by atomic mass is 9.32. The van der Waals surface area contributed by atoms with Crippen LogP contribution in [0.1, 0.15) is 128 Å². The molecule has 2 nitrogen and oxygen atoms in total. The average Bonchev–Trinajstić information content (AvgIpc) is 1.35. The van der Waals surface area contributed by atoms with E-state index in [4.69, 9.17) is 0 Å². The number of hydrogen-bond donors (Lipinski definition) is 0. The normalized spacial score (nSPS) is 14.6. The molecule has 4 aliphatic rings. The van der Waals surface area contributed by atoms with Crippen LogP contribution in [-0.4, -0.2) is 6.71 Å². The summed E-state index contributed by atoms with van der Waals surface area (Å²) in [5.41, 5.74) is 28.8. The Kier molecular flexibility index (Phi) is 10.7. The van der Waals surface area contributed by atoms with E-state index in [-0.39, 0.29) is 28.4 Å². The van der Waals surface area contributed by atoms with Gasteiger partial charge in [0.25, 0.3) is 6.71 Å². The van der Waals surface area contributed by atoms with Gasteiger partial charge in [0.1, 0.15) is 0 Å². The lowest BCUT2D eigenvalue weighted by Crippen LogP contribution is -2.61. The minimum absolute atomic E-state index is 0.105. The summed E-state index contributed by atoms with van der Waals surface area (Å²) in [6.07, 6.45) is 0. The highest BCUT2D eigenvalue weighted by molar-refractivity contribution is 7.03. The second-order valence-electron chi connectivity index (χ2n) is 28.1. The minimum atomic E-state index is -0.478. The summed E-state index contributed by atoms with van der Waals surface area (Å²) in [6.45, 7) is 28.3. The van der Waals surface area contributed by atoms with Crippen LogP contribution in [0.5, 0.6) is 0 Å². The van der Waals surface area contributed by atoms with Gasteiger partial charge in [-0.2, -0.15) is 0 Å². The van der Waals surface area contributed by atoms with Crippen molar-refractivity contribution in [3.63, 3.8) is 0 Å². The summed E-state index contributed by atoms with van der Waals surface area (Å²) in [4.78, 5) is 5.38. The van der Waals surface area contributed by atoms with Crippen molar-refractivity contribution in [2.45, 2.75) is 110 Å². The maximum Gasteiger partial charge on any atom is 0.253 e. The van der Waals surface area contributed by atoms with Gasteiger partial charge in [-0.25, -0.2) is 0 Å². The zero-order valence-corrected chi connectivity index (χ0v) is 49.7.